The first-order valence-corrected chi connectivity index (χ1v) is 7.11. The van der Waals surface area contributed by atoms with Gasteiger partial charge in [-0.3, -0.25) is 0 Å². The third-order valence-corrected chi connectivity index (χ3v) is 3.83. The van der Waals surface area contributed by atoms with Gasteiger partial charge in [0.1, 0.15) is 12.1 Å². The van der Waals surface area contributed by atoms with Crippen molar-refractivity contribution in [3.63, 3.8) is 0 Å². The van der Waals surface area contributed by atoms with Gasteiger partial charge in [0.2, 0.25) is 5.95 Å². The standard InChI is InChI=1S/C14H13BrFN3O/c15-11-3-1-10(2-4-11)12-8-20-6-5-19(12)14-7-13(16)17-9-18-14/h1-4,7,9,12H,5-6,8H2. The predicted octanol–water partition coefficient (Wildman–Crippen LogP) is 2.96. The van der Waals surface area contributed by atoms with E-state index in [2.05, 4.69) is 30.8 Å². The minimum Gasteiger partial charge on any atom is -0.377 e. The van der Waals surface area contributed by atoms with Crippen LogP contribution >= 0.6 is 15.9 Å². The van der Waals surface area contributed by atoms with Crippen LogP contribution in [0.1, 0.15) is 11.6 Å². The number of hydrogen-bond acceptors (Lipinski definition) is 4. The van der Waals surface area contributed by atoms with Crippen molar-refractivity contribution in [3.8, 4) is 0 Å². The molecule has 6 heteroatoms. The van der Waals surface area contributed by atoms with Gasteiger partial charge in [-0.1, -0.05) is 28.1 Å². The average molecular weight is 338 g/mol. The molecule has 0 amide bonds. The van der Waals surface area contributed by atoms with E-state index in [-0.39, 0.29) is 6.04 Å². The Kier molecular flexibility index (Phi) is 3.93. The maximum absolute atomic E-state index is 13.3. The van der Waals surface area contributed by atoms with E-state index < -0.39 is 5.95 Å². The zero-order valence-corrected chi connectivity index (χ0v) is 12.3. The van der Waals surface area contributed by atoms with E-state index in [4.69, 9.17) is 4.74 Å². The Morgan fingerprint density at radius 3 is 2.80 bits per heavy atom. The second-order valence-electron chi connectivity index (χ2n) is 4.53. The predicted molar refractivity (Wildman–Crippen MR) is 77.0 cm³/mol. The molecule has 0 spiro atoms. The highest BCUT2D eigenvalue weighted by molar-refractivity contribution is 9.10. The largest absolute Gasteiger partial charge is 0.377 e. The summed E-state index contributed by atoms with van der Waals surface area (Å²) in [5, 5.41) is 0. The highest BCUT2D eigenvalue weighted by atomic mass is 79.9. The molecule has 1 atom stereocenters. The van der Waals surface area contributed by atoms with Gasteiger partial charge in [0.05, 0.1) is 19.3 Å². The van der Waals surface area contributed by atoms with Crippen LogP contribution in [0.15, 0.2) is 41.1 Å². The van der Waals surface area contributed by atoms with E-state index in [1.165, 1.54) is 12.4 Å². The molecular formula is C14H13BrFN3O. The van der Waals surface area contributed by atoms with E-state index in [9.17, 15) is 4.39 Å². The van der Waals surface area contributed by atoms with Gasteiger partial charge in [-0.15, -0.1) is 0 Å². The van der Waals surface area contributed by atoms with Gasteiger partial charge < -0.3 is 9.64 Å². The fraction of sp³-hybridized carbons (Fsp3) is 0.286. The highest BCUT2D eigenvalue weighted by Gasteiger charge is 2.26. The lowest BCUT2D eigenvalue weighted by Crippen LogP contribution is -2.40. The Morgan fingerprint density at radius 2 is 2.05 bits per heavy atom. The summed E-state index contributed by atoms with van der Waals surface area (Å²) < 4.78 is 19.9. The van der Waals surface area contributed by atoms with Crippen LogP contribution in [0.4, 0.5) is 10.2 Å². The van der Waals surface area contributed by atoms with E-state index in [0.29, 0.717) is 25.6 Å². The summed E-state index contributed by atoms with van der Waals surface area (Å²) in [7, 11) is 0. The maximum Gasteiger partial charge on any atom is 0.218 e. The normalized spacial score (nSPS) is 19.1. The molecule has 4 nitrogen and oxygen atoms in total. The van der Waals surface area contributed by atoms with E-state index in [0.717, 1.165) is 10.0 Å². The summed E-state index contributed by atoms with van der Waals surface area (Å²) in [4.78, 5) is 9.72. The van der Waals surface area contributed by atoms with Crippen LogP contribution in [-0.4, -0.2) is 29.7 Å². The van der Waals surface area contributed by atoms with Gasteiger partial charge in [-0.05, 0) is 17.7 Å². The number of hydrogen-bond donors (Lipinski definition) is 0. The number of morpholine rings is 1. The number of anilines is 1. The minimum absolute atomic E-state index is 0.0335. The molecule has 1 aliphatic heterocycles. The molecule has 1 unspecified atom stereocenters. The van der Waals surface area contributed by atoms with Crippen molar-refractivity contribution < 1.29 is 9.13 Å². The second kappa shape index (κ2) is 5.85. The number of nitrogens with zero attached hydrogens (tertiary/aromatic N) is 3. The lowest BCUT2D eigenvalue weighted by molar-refractivity contribution is 0.0936. The summed E-state index contributed by atoms with van der Waals surface area (Å²) >= 11 is 3.42. The van der Waals surface area contributed by atoms with E-state index in [1.807, 2.05) is 24.3 Å². The summed E-state index contributed by atoms with van der Waals surface area (Å²) in [6, 6.07) is 9.44. The van der Waals surface area contributed by atoms with Gasteiger partial charge in [0.15, 0.2) is 0 Å². The average Bonchev–Trinajstić information content (AvgIpc) is 2.48. The van der Waals surface area contributed by atoms with Gasteiger partial charge in [0, 0.05) is 17.1 Å². The van der Waals surface area contributed by atoms with E-state index in [1.54, 1.807) is 0 Å². The van der Waals surface area contributed by atoms with Crippen LogP contribution in [-0.2, 0) is 4.74 Å². The van der Waals surface area contributed by atoms with Gasteiger partial charge in [-0.25, -0.2) is 9.97 Å². The molecule has 0 N–H and O–H groups in total. The third kappa shape index (κ3) is 2.81. The van der Waals surface area contributed by atoms with E-state index >= 15 is 0 Å². The number of halogens is 2. The molecular weight excluding hydrogens is 325 g/mol. The Morgan fingerprint density at radius 1 is 1.25 bits per heavy atom. The Bertz CT molecular complexity index is 593. The van der Waals surface area contributed by atoms with Crippen molar-refractivity contribution in [1.82, 2.24) is 9.97 Å². The molecule has 0 bridgehead atoms. The summed E-state index contributed by atoms with van der Waals surface area (Å²) in [6.45, 7) is 1.85. The van der Waals surface area contributed by atoms with Crippen molar-refractivity contribution in [3.05, 3.63) is 52.6 Å². The first-order valence-electron chi connectivity index (χ1n) is 6.31. The monoisotopic (exact) mass is 337 g/mol. The lowest BCUT2D eigenvalue weighted by Gasteiger charge is -2.36. The van der Waals surface area contributed by atoms with Crippen LogP contribution in [0.25, 0.3) is 0 Å². The maximum atomic E-state index is 13.3. The second-order valence-corrected chi connectivity index (χ2v) is 5.45. The Labute approximate surface area is 124 Å². The molecule has 3 rings (SSSR count). The summed E-state index contributed by atoms with van der Waals surface area (Å²) in [5.41, 5.74) is 1.12. The fourth-order valence-electron chi connectivity index (χ4n) is 2.32. The zero-order chi connectivity index (χ0) is 13.9. The minimum atomic E-state index is -0.518. The molecule has 1 aromatic heterocycles. The quantitative estimate of drug-likeness (QED) is 0.789. The van der Waals surface area contributed by atoms with Crippen molar-refractivity contribution in [1.29, 1.82) is 0 Å². The summed E-state index contributed by atoms with van der Waals surface area (Å²) in [5.74, 6) is 0.0739. The van der Waals surface area contributed by atoms with Crippen LogP contribution in [0, 0.1) is 5.95 Å². The summed E-state index contributed by atoms with van der Waals surface area (Å²) in [6.07, 6.45) is 1.25. The molecule has 0 radical (unpaired) electrons. The van der Waals surface area contributed by atoms with Crippen molar-refractivity contribution in [2.24, 2.45) is 0 Å². The van der Waals surface area contributed by atoms with Crippen LogP contribution < -0.4 is 4.90 Å². The van der Waals surface area contributed by atoms with Crippen molar-refractivity contribution in [2.45, 2.75) is 6.04 Å². The first kappa shape index (κ1) is 13.5. The molecule has 0 aliphatic carbocycles. The fourth-order valence-corrected chi connectivity index (χ4v) is 2.58. The highest BCUT2D eigenvalue weighted by Crippen LogP contribution is 2.29. The SMILES string of the molecule is Fc1cc(N2CCOCC2c2ccc(Br)cc2)ncn1. The molecule has 1 aliphatic rings. The molecule has 1 fully saturated rings. The third-order valence-electron chi connectivity index (χ3n) is 3.30. The van der Waals surface area contributed by atoms with Gasteiger partial charge >= 0.3 is 0 Å². The molecule has 104 valence electrons. The molecule has 1 aromatic carbocycles. The van der Waals surface area contributed by atoms with Crippen LogP contribution in [0.3, 0.4) is 0 Å². The van der Waals surface area contributed by atoms with Crippen molar-refractivity contribution >= 4 is 21.7 Å². The Balaban J connectivity index is 1.93. The molecule has 2 heterocycles. The lowest BCUT2D eigenvalue weighted by atomic mass is 10.1. The molecule has 1 saturated heterocycles. The van der Waals surface area contributed by atoms with Gasteiger partial charge in [0.25, 0.3) is 0 Å². The molecule has 20 heavy (non-hydrogen) atoms. The smallest absolute Gasteiger partial charge is 0.218 e. The zero-order valence-electron chi connectivity index (χ0n) is 10.7. The van der Waals surface area contributed by atoms with Crippen molar-refractivity contribution in [2.75, 3.05) is 24.7 Å². The topological polar surface area (TPSA) is 38.2 Å². The number of benzene rings is 1. The number of ether oxygens (including phenoxy) is 1. The first-order chi connectivity index (χ1) is 9.74. The van der Waals surface area contributed by atoms with Gasteiger partial charge in [-0.2, -0.15) is 4.39 Å². The van der Waals surface area contributed by atoms with Crippen LogP contribution in [0.5, 0.6) is 0 Å². The Hall–Kier alpha value is -1.53. The number of rotatable bonds is 2. The van der Waals surface area contributed by atoms with Crippen LogP contribution in [0.2, 0.25) is 0 Å². The molecule has 2 aromatic rings. The molecule has 0 saturated carbocycles. The number of aromatic nitrogens is 2.